The lowest BCUT2D eigenvalue weighted by molar-refractivity contribution is 0.323. The monoisotopic (exact) mass is 325 g/mol. The van der Waals surface area contributed by atoms with E-state index in [9.17, 15) is 9.90 Å². The second kappa shape index (κ2) is 5.76. The molecule has 2 aromatic heterocycles. The smallest absolute Gasteiger partial charge is 0.327 e. The van der Waals surface area contributed by atoms with Crippen LogP contribution in [-0.4, -0.2) is 30.7 Å². The van der Waals surface area contributed by atoms with E-state index in [4.69, 9.17) is 5.73 Å². The summed E-state index contributed by atoms with van der Waals surface area (Å²) in [5, 5.41) is 9.65. The molecule has 0 saturated heterocycles. The Morgan fingerprint density at radius 1 is 1.25 bits per heavy atom. The molecule has 0 spiro atoms. The van der Waals surface area contributed by atoms with Gasteiger partial charge in [-0.3, -0.25) is 4.57 Å². The van der Waals surface area contributed by atoms with Gasteiger partial charge in [0.1, 0.15) is 11.3 Å². The largest absolute Gasteiger partial charge is 0.508 e. The minimum atomic E-state index is -0.159. The zero-order chi connectivity index (χ0) is 16.7. The van der Waals surface area contributed by atoms with E-state index in [1.807, 2.05) is 6.07 Å². The van der Waals surface area contributed by atoms with E-state index in [2.05, 4.69) is 15.0 Å². The van der Waals surface area contributed by atoms with Gasteiger partial charge in [-0.1, -0.05) is 12.1 Å². The lowest BCUT2D eigenvalue weighted by Crippen LogP contribution is -2.31. The Balaban J connectivity index is 1.81. The van der Waals surface area contributed by atoms with Crippen LogP contribution in [0.2, 0.25) is 0 Å². The number of benzene rings is 1. The fourth-order valence-corrected chi connectivity index (χ4v) is 3.40. The van der Waals surface area contributed by atoms with Gasteiger partial charge in [-0.25, -0.2) is 14.8 Å². The summed E-state index contributed by atoms with van der Waals surface area (Å²) in [5.41, 5.74) is 7.75. The van der Waals surface area contributed by atoms with E-state index in [0.717, 1.165) is 25.7 Å². The summed E-state index contributed by atoms with van der Waals surface area (Å²) in [7, 11) is 0. The van der Waals surface area contributed by atoms with Gasteiger partial charge in [-0.15, -0.1) is 0 Å². The van der Waals surface area contributed by atoms with E-state index in [1.54, 1.807) is 29.0 Å². The van der Waals surface area contributed by atoms with Gasteiger partial charge < -0.3 is 15.8 Å². The van der Waals surface area contributed by atoms with Gasteiger partial charge in [0, 0.05) is 17.6 Å². The Bertz CT molecular complexity index is 938. The van der Waals surface area contributed by atoms with Crippen LogP contribution in [0.25, 0.3) is 22.6 Å². The van der Waals surface area contributed by atoms with Crippen molar-refractivity contribution in [2.45, 2.75) is 37.8 Å². The maximum atomic E-state index is 12.4. The van der Waals surface area contributed by atoms with Crippen LogP contribution in [0.4, 0.5) is 0 Å². The number of aromatic hydroxyl groups is 1. The molecule has 3 aromatic rings. The number of nitrogens with one attached hydrogen (secondary N) is 1. The van der Waals surface area contributed by atoms with Crippen LogP contribution in [0.1, 0.15) is 31.7 Å². The quantitative estimate of drug-likeness (QED) is 0.667. The Kier molecular flexibility index (Phi) is 3.57. The number of aromatic amines is 1. The highest BCUT2D eigenvalue weighted by Crippen LogP contribution is 2.29. The number of fused-ring (bicyclic) bond motifs is 1. The van der Waals surface area contributed by atoms with Crippen LogP contribution in [0.5, 0.6) is 5.75 Å². The van der Waals surface area contributed by atoms with Gasteiger partial charge in [0.2, 0.25) is 0 Å². The third kappa shape index (κ3) is 2.56. The standard InChI is InChI=1S/C17H19N5O2/c18-11-4-6-12(7-5-11)22-16-14(20-17(22)24)9-19-15(21-16)10-2-1-3-13(23)8-10/h1-3,8-9,11-12,23H,4-7,18H2,(H,20,24). The number of rotatable bonds is 2. The summed E-state index contributed by atoms with van der Waals surface area (Å²) in [6.07, 6.45) is 5.19. The van der Waals surface area contributed by atoms with Crippen molar-refractivity contribution in [2.75, 3.05) is 0 Å². The summed E-state index contributed by atoms with van der Waals surface area (Å²) < 4.78 is 1.73. The zero-order valence-corrected chi connectivity index (χ0v) is 13.1. The van der Waals surface area contributed by atoms with Crippen molar-refractivity contribution < 1.29 is 5.11 Å². The number of aromatic nitrogens is 4. The molecule has 0 atom stereocenters. The number of nitrogens with two attached hydrogens (primary N) is 1. The highest BCUT2D eigenvalue weighted by atomic mass is 16.3. The summed E-state index contributed by atoms with van der Waals surface area (Å²) in [6.45, 7) is 0. The molecule has 0 unspecified atom stereocenters. The van der Waals surface area contributed by atoms with Gasteiger partial charge in [0.15, 0.2) is 11.5 Å². The van der Waals surface area contributed by atoms with Crippen LogP contribution in [0, 0.1) is 0 Å². The number of nitrogens with zero attached hydrogens (tertiary/aromatic N) is 3. The number of hydrogen-bond donors (Lipinski definition) is 3. The number of H-pyrrole nitrogens is 1. The summed E-state index contributed by atoms with van der Waals surface area (Å²) >= 11 is 0. The number of imidazole rings is 1. The van der Waals surface area contributed by atoms with Crippen LogP contribution in [-0.2, 0) is 0 Å². The van der Waals surface area contributed by atoms with Gasteiger partial charge in [-0.2, -0.15) is 0 Å². The topological polar surface area (TPSA) is 110 Å². The van der Waals surface area contributed by atoms with Crippen molar-refractivity contribution in [3.63, 3.8) is 0 Å². The molecule has 0 aliphatic heterocycles. The first kappa shape index (κ1) is 14.9. The Morgan fingerprint density at radius 3 is 2.79 bits per heavy atom. The van der Waals surface area contributed by atoms with E-state index in [0.29, 0.717) is 22.6 Å². The molecule has 1 fully saturated rings. The second-order valence-corrected chi connectivity index (χ2v) is 6.35. The van der Waals surface area contributed by atoms with Crippen molar-refractivity contribution in [3.8, 4) is 17.1 Å². The molecule has 1 saturated carbocycles. The summed E-state index contributed by atoms with van der Waals surface area (Å²) in [6, 6.07) is 7.10. The van der Waals surface area contributed by atoms with E-state index >= 15 is 0 Å². The summed E-state index contributed by atoms with van der Waals surface area (Å²) in [5.74, 6) is 0.641. The molecule has 124 valence electrons. The minimum Gasteiger partial charge on any atom is -0.508 e. The van der Waals surface area contributed by atoms with Gasteiger partial charge in [-0.05, 0) is 37.8 Å². The molecule has 1 aliphatic rings. The van der Waals surface area contributed by atoms with E-state index in [-0.39, 0.29) is 23.5 Å². The third-order valence-corrected chi connectivity index (χ3v) is 4.67. The first-order chi connectivity index (χ1) is 11.6. The highest BCUT2D eigenvalue weighted by molar-refractivity contribution is 5.73. The molecule has 4 rings (SSSR count). The van der Waals surface area contributed by atoms with Crippen molar-refractivity contribution in [1.29, 1.82) is 0 Å². The second-order valence-electron chi connectivity index (χ2n) is 6.35. The van der Waals surface area contributed by atoms with Crippen molar-refractivity contribution in [1.82, 2.24) is 19.5 Å². The van der Waals surface area contributed by atoms with Gasteiger partial charge >= 0.3 is 5.69 Å². The molecule has 0 bridgehead atoms. The average molecular weight is 325 g/mol. The molecule has 7 nitrogen and oxygen atoms in total. The van der Waals surface area contributed by atoms with Crippen molar-refractivity contribution >= 4 is 11.2 Å². The van der Waals surface area contributed by atoms with Gasteiger partial charge in [0.25, 0.3) is 0 Å². The molecule has 7 heteroatoms. The Morgan fingerprint density at radius 2 is 2.04 bits per heavy atom. The molecule has 2 heterocycles. The first-order valence-electron chi connectivity index (χ1n) is 8.14. The Labute approximate surface area is 138 Å². The number of phenolic OH excluding ortho intramolecular Hbond substituents is 1. The normalized spacial score (nSPS) is 21.2. The maximum absolute atomic E-state index is 12.4. The molecule has 0 radical (unpaired) electrons. The molecule has 24 heavy (non-hydrogen) atoms. The molecule has 1 aliphatic carbocycles. The fourth-order valence-electron chi connectivity index (χ4n) is 3.40. The lowest BCUT2D eigenvalue weighted by Gasteiger charge is -2.26. The van der Waals surface area contributed by atoms with Crippen LogP contribution >= 0.6 is 0 Å². The maximum Gasteiger partial charge on any atom is 0.327 e. The van der Waals surface area contributed by atoms with Crippen molar-refractivity contribution in [3.05, 3.63) is 40.9 Å². The fraction of sp³-hybridized carbons (Fsp3) is 0.353. The van der Waals surface area contributed by atoms with Gasteiger partial charge in [0.05, 0.1) is 6.20 Å². The predicted molar refractivity (Wildman–Crippen MR) is 90.7 cm³/mol. The molecular formula is C17H19N5O2. The lowest BCUT2D eigenvalue weighted by atomic mass is 9.92. The van der Waals surface area contributed by atoms with Crippen LogP contribution < -0.4 is 11.4 Å². The van der Waals surface area contributed by atoms with E-state index < -0.39 is 0 Å². The Hall–Kier alpha value is -2.67. The van der Waals surface area contributed by atoms with Crippen LogP contribution in [0.15, 0.2) is 35.3 Å². The average Bonchev–Trinajstić information content (AvgIpc) is 2.91. The third-order valence-electron chi connectivity index (χ3n) is 4.67. The molecular weight excluding hydrogens is 306 g/mol. The predicted octanol–water partition coefficient (Wildman–Crippen LogP) is 1.93. The molecule has 4 N–H and O–H groups in total. The summed E-state index contributed by atoms with van der Waals surface area (Å²) in [4.78, 5) is 24.1. The molecule has 1 aromatic carbocycles. The number of hydrogen-bond acceptors (Lipinski definition) is 5. The van der Waals surface area contributed by atoms with E-state index in [1.165, 1.54) is 0 Å². The SMILES string of the molecule is NC1CCC(n2c(=O)[nH]c3cnc(-c4cccc(O)c4)nc32)CC1. The number of phenols is 1. The minimum absolute atomic E-state index is 0.109. The highest BCUT2D eigenvalue weighted by Gasteiger charge is 2.24. The molecule has 0 amide bonds. The van der Waals surface area contributed by atoms with Crippen LogP contribution in [0.3, 0.4) is 0 Å². The zero-order valence-electron chi connectivity index (χ0n) is 13.1. The first-order valence-corrected chi connectivity index (χ1v) is 8.14. The van der Waals surface area contributed by atoms with Crippen molar-refractivity contribution in [2.24, 2.45) is 5.73 Å².